The number of halogens is 1. The molecule has 2 amide bonds. The Morgan fingerprint density at radius 3 is 2.18 bits per heavy atom. The van der Waals surface area contributed by atoms with Crippen molar-refractivity contribution < 1.29 is 9.59 Å². The van der Waals surface area contributed by atoms with Crippen LogP contribution in [0.5, 0.6) is 0 Å². The fourth-order valence-corrected chi connectivity index (χ4v) is 6.33. The third-order valence-corrected chi connectivity index (χ3v) is 7.45. The highest BCUT2D eigenvalue weighted by Gasteiger charge is 2.55. The number of rotatable bonds is 5. The first-order valence-corrected chi connectivity index (χ1v) is 11.0. The van der Waals surface area contributed by atoms with E-state index in [4.69, 9.17) is 11.6 Å². The highest BCUT2D eigenvalue weighted by molar-refractivity contribution is 6.31. The van der Waals surface area contributed by atoms with Gasteiger partial charge in [0.25, 0.3) is 0 Å². The molecule has 4 bridgehead atoms. The Labute approximate surface area is 172 Å². The van der Waals surface area contributed by atoms with Gasteiger partial charge in [-0.3, -0.25) is 9.59 Å². The lowest BCUT2D eigenvalue weighted by Crippen LogP contribution is -2.57. The van der Waals surface area contributed by atoms with Gasteiger partial charge in [0.15, 0.2) is 0 Å². The number of hydrogen-bond donors (Lipinski definition) is 2. The third kappa shape index (κ3) is 3.68. The SMILES string of the molecule is Cc1ccc(Cl)cc1NC(=O)[C@@H](NC(=O)C12CC3CC(CC(C3)C1)C2)C(C)C. The van der Waals surface area contributed by atoms with Gasteiger partial charge in [-0.25, -0.2) is 0 Å². The first kappa shape index (κ1) is 19.8. The van der Waals surface area contributed by atoms with Gasteiger partial charge in [-0.15, -0.1) is 0 Å². The Balaban J connectivity index is 1.48. The molecular weight excluding hydrogens is 372 g/mol. The molecule has 0 unspecified atom stereocenters. The van der Waals surface area contributed by atoms with Crippen LogP contribution in [-0.4, -0.2) is 17.9 Å². The molecule has 28 heavy (non-hydrogen) atoms. The molecule has 0 radical (unpaired) electrons. The lowest BCUT2D eigenvalue weighted by Gasteiger charge is -2.55. The molecule has 1 aromatic rings. The molecule has 5 rings (SSSR count). The summed E-state index contributed by atoms with van der Waals surface area (Å²) in [6.07, 6.45) is 6.91. The zero-order valence-electron chi connectivity index (χ0n) is 17.1. The number of nitrogens with one attached hydrogen (secondary N) is 2. The van der Waals surface area contributed by atoms with E-state index in [1.54, 1.807) is 12.1 Å². The minimum atomic E-state index is -0.543. The van der Waals surface area contributed by atoms with Gasteiger partial charge in [-0.2, -0.15) is 0 Å². The van der Waals surface area contributed by atoms with Crippen molar-refractivity contribution >= 4 is 29.1 Å². The van der Waals surface area contributed by atoms with Crippen molar-refractivity contribution in [1.29, 1.82) is 0 Å². The van der Waals surface area contributed by atoms with Crippen molar-refractivity contribution in [3.05, 3.63) is 28.8 Å². The van der Waals surface area contributed by atoms with E-state index >= 15 is 0 Å². The maximum atomic E-state index is 13.4. The van der Waals surface area contributed by atoms with Gasteiger partial charge >= 0.3 is 0 Å². The molecule has 4 fully saturated rings. The largest absolute Gasteiger partial charge is 0.344 e. The first-order valence-electron chi connectivity index (χ1n) is 10.6. The fourth-order valence-electron chi connectivity index (χ4n) is 6.16. The third-order valence-electron chi connectivity index (χ3n) is 7.21. The summed E-state index contributed by atoms with van der Waals surface area (Å²) in [7, 11) is 0. The quantitative estimate of drug-likeness (QED) is 0.732. The van der Waals surface area contributed by atoms with Crippen molar-refractivity contribution in [3.8, 4) is 0 Å². The minimum absolute atomic E-state index is 0.0114. The van der Waals surface area contributed by atoms with E-state index in [9.17, 15) is 9.59 Å². The molecular formula is C23H31ClN2O2. The van der Waals surface area contributed by atoms with Crippen LogP contribution < -0.4 is 10.6 Å². The van der Waals surface area contributed by atoms with Crippen molar-refractivity contribution in [3.63, 3.8) is 0 Å². The van der Waals surface area contributed by atoms with E-state index in [-0.39, 0.29) is 23.1 Å². The molecule has 4 aliphatic carbocycles. The summed E-state index contributed by atoms with van der Waals surface area (Å²) in [4.78, 5) is 26.4. The number of hydrogen-bond acceptors (Lipinski definition) is 2. The molecule has 2 N–H and O–H groups in total. The van der Waals surface area contributed by atoms with E-state index in [2.05, 4.69) is 10.6 Å². The van der Waals surface area contributed by atoms with Gasteiger partial charge in [0, 0.05) is 16.1 Å². The predicted molar refractivity (Wildman–Crippen MR) is 112 cm³/mol. The summed E-state index contributed by atoms with van der Waals surface area (Å²) < 4.78 is 0. The normalized spacial score (nSPS) is 31.7. The number of carbonyl (C=O) groups is 2. The Morgan fingerprint density at radius 1 is 1.07 bits per heavy atom. The number of aryl methyl sites for hydroxylation is 1. The van der Waals surface area contributed by atoms with Crippen LogP contribution in [0.2, 0.25) is 5.02 Å². The molecule has 0 aromatic heterocycles. The van der Waals surface area contributed by atoms with Crippen molar-refractivity contribution in [1.82, 2.24) is 5.32 Å². The first-order chi connectivity index (χ1) is 13.3. The molecule has 1 aromatic carbocycles. The second-order valence-electron chi connectivity index (χ2n) is 9.84. The molecule has 0 aliphatic heterocycles. The summed E-state index contributed by atoms with van der Waals surface area (Å²) in [5, 5.41) is 6.70. The molecule has 0 saturated heterocycles. The molecule has 0 heterocycles. The van der Waals surface area contributed by atoms with Gasteiger partial charge in [0.05, 0.1) is 0 Å². The van der Waals surface area contributed by atoms with Crippen molar-refractivity contribution in [2.45, 2.75) is 65.3 Å². The topological polar surface area (TPSA) is 58.2 Å². The van der Waals surface area contributed by atoms with Crippen LogP contribution in [-0.2, 0) is 9.59 Å². The van der Waals surface area contributed by atoms with Crippen LogP contribution in [0, 0.1) is 36.0 Å². The van der Waals surface area contributed by atoms with Crippen LogP contribution in [0.1, 0.15) is 57.9 Å². The smallest absolute Gasteiger partial charge is 0.247 e. The monoisotopic (exact) mass is 402 g/mol. The summed E-state index contributed by atoms with van der Waals surface area (Å²) in [6, 6.07) is 4.91. The van der Waals surface area contributed by atoms with E-state index in [0.717, 1.165) is 24.8 Å². The molecule has 0 spiro atoms. The number of benzene rings is 1. The standard InChI is InChI=1S/C23H31ClN2O2/c1-13(2)20(21(27)25-19-9-18(24)5-4-14(19)3)26-22(28)23-10-15-6-16(11-23)8-17(7-15)12-23/h4-5,9,13,15-17,20H,6-8,10-12H2,1-3H3,(H,25,27)(H,26,28)/t15?,16?,17?,20-,23?/m0/s1. The lowest BCUT2D eigenvalue weighted by atomic mass is 9.49. The minimum Gasteiger partial charge on any atom is -0.344 e. The second kappa shape index (κ2) is 7.37. The lowest BCUT2D eigenvalue weighted by molar-refractivity contribution is -0.148. The Kier molecular flexibility index (Phi) is 5.20. The molecule has 4 nitrogen and oxygen atoms in total. The molecule has 5 heteroatoms. The van der Waals surface area contributed by atoms with Gasteiger partial charge in [-0.1, -0.05) is 31.5 Å². The molecule has 152 valence electrons. The highest BCUT2D eigenvalue weighted by Crippen LogP contribution is 2.60. The van der Waals surface area contributed by atoms with E-state index in [0.29, 0.717) is 28.5 Å². The van der Waals surface area contributed by atoms with Gasteiger partial charge in [-0.05, 0) is 86.8 Å². The number of anilines is 1. The average Bonchev–Trinajstić information content (AvgIpc) is 2.61. The van der Waals surface area contributed by atoms with E-state index in [1.165, 1.54) is 19.3 Å². The van der Waals surface area contributed by atoms with E-state index < -0.39 is 6.04 Å². The van der Waals surface area contributed by atoms with Crippen LogP contribution in [0.3, 0.4) is 0 Å². The van der Waals surface area contributed by atoms with Gasteiger partial charge < -0.3 is 10.6 Å². The molecule has 1 atom stereocenters. The molecule has 4 saturated carbocycles. The fraction of sp³-hybridized carbons (Fsp3) is 0.652. The predicted octanol–water partition coefficient (Wildman–Crippen LogP) is 4.94. The molecule has 4 aliphatic rings. The van der Waals surface area contributed by atoms with Crippen LogP contribution in [0.15, 0.2) is 18.2 Å². The summed E-state index contributed by atoms with van der Waals surface area (Å²) in [6.45, 7) is 5.90. The van der Waals surface area contributed by atoms with Crippen molar-refractivity contribution in [2.24, 2.45) is 29.1 Å². The van der Waals surface area contributed by atoms with Crippen molar-refractivity contribution in [2.75, 3.05) is 5.32 Å². The maximum Gasteiger partial charge on any atom is 0.247 e. The summed E-state index contributed by atoms with van der Waals surface area (Å²) >= 11 is 6.08. The average molecular weight is 403 g/mol. The number of amides is 2. The zero-order valence-corrected chi connectivity index (χ0v) is 17.8. The van der Waals surface area contributed by atoms with Gasteiger partial charge in [0.2, 0.25) is 11.8 Å². The second-order valence-corrected chi connectivity index (χ2v) is 10.3. The summed E-state index contributed by atoms with van der Waals surface area (Å²) in [5.41, 5.74) is 1.41. The zero-order chi connectivity index (χ0) is 20.1. The Bertz CT molecular complexity index is 754. The number of carbonyl (C=O) groups excluding carboxylic acids is 2. The Hall–Kier alpha value is -1.55. The van der Waals surface area contributed by atoms with Crippen LogP contribution in [0.25, 0.3) is 0 Å². The maximum absolute atomic E-state index is 13.4. The summed E-state index contributed by atoms with van der Waals surface area (Å²) in [5.74, 6) is 2.06. The van der Waals surface area contributed by atoms with Crippen LogP contribution >= 0.6 is 11.6 Å². The van der Waals surface area contributed by atoms with E-state index in [1.807, 2.05) is 26.8 Å². The van der Waals surface area contributed by atoms with Gasteiger partial charge in [0.1, 0.15) is 6.04 Å². The van der Waals surface area contributed by atoms with Crippen LogP contribution in [0.4, 0.5) is 5.69 Å². The Morgan fingerprint density at radius 2 is 1.64 bits per heavy atom. The highest BCUT2D eigenvalue weighted by atomic mass is 35.5.